The molecule has 1 aromatic carbocycles. The quantitative estimate of drug-likeness (QED) is 0.802. The average molecular weight is 304 g/mol. The second-order valence-corrected chi connectivity index (χ2v) is 5.26. The Labute approximate surface area is 130 Å². The van der Waals surface area contributed by atoms with E-state index in [-0.39, 0.29) is 0 Å². The number of ether oxygens (including phenoxy) is 1. The Kier molecular flexibility index (Phi) is 4.93. The lowest BCUT2D eigenvalue weighted by Gasteiger charge is -2.13. The molecule has 1 heterocycles. The van der Waals surface area contributed by atoms with Crippen molar-refractivity contribution in [3.63, 3.8) is 0 Å². The zero-order chi connectivity index (χ0) is 15.4. The molecule has 112 valence electrons. The van der Waals surface area contributed by atoms with Crippen LogP contribution >= 0.6 is 12.2 Å². The minimum Gasteiger partial charge on any atom is -0.389 e. The molecule has 1 aromatic heterocycles. The number of methoxy groups -OCH3 is 1. The summed E-state index contributed by atoms with van der Waals surface area (Å²) in [7, 11) is 3.57. The summed E-state index contributed by atoms with van der Waals surface area (Å²) in [4.78, 5) is 0.345. The third-order valence-electron chi connectivity index (χ3n) is 3.31. The predicted octanol–water partition coefficient (Wildman–Crippen LogP) is 2.30. The van der Waals surface area contributed by atoms with Crippen molar-refractivity contribution in [1.82, 2.24) is 9.78 Å². The molecule has 0 atom stereocenters. The van der Waals surface area contributed by atoms with Gasteiger partial charge in [0.1, 0.15) is 10.8 Å². The van der Waals surface area contributed by atoms with Gasteiger partial charge in [-0.1, -0.05) is 30.4 Å². The first kappa shape index (κ1) is 15.5. The number of hydrogen-bond donors (Lipinski definition) is 2. The Hall–Kier alpha value is -1.92. The van der Waals surface area contributed by atoms with Crippen molar-refractivity contribution in [3.8, 4) is 0 Å². The molecular weight excluding hydrogens is 284 g/mol. The van der Waals surface area contributed by atoms with E-state index < -0.39 is 0 Å². The molecule has 6 heteroatoms. The number of benzene rings is 1. The highest BCUT2D eigenvalue weighted by Crippen LogP contribution is 2.25. The highest BCUT2D eigenvalue weighted by molar-refractivity contribution is 7.80. The first-order valence-corrected chi connectivity index (χ1v) is 7.12. The predicted molar refractivity (Wildman–Crippen MR) is 89.1 cm³/mol. The zero-order valence-electron chi connectivity index (χ0n) is 12.5. The van der Waals surface area contributed by atoms with Gasteiger partial charge in [-0.3, -0.25) is 4.68 Å². The summed E-state index contributed by atoms with van der Waals surface area (Å²) < 4.78 is 6.92. The number of para-hydroxylation sites is 1. The van der Waals surface area contributed by atoms with Crippen LogP contribution in [0.5, 0.6) is 0 Å². The molecular formula is C15H20N4OS. The molecule has 0 aliphatic carbocycles. The van der Waals surface area contributed by atoms with Crippen molar-refractivity contribution in [1.29, 1.82) is 0 Å². The number of aromatic nitrogens is 2. The van der Waals surface area contributed by atoms with Gasteiger partial charge in [0.2, 0.25) is 0 Å². The van der Waals surface area contributed by atoms with Crippen LogP contribution in [-0.4, -0.2) is 28.5 Å². The van der Waals surface area contributed by atoms with Gasteiger partial charge in [-0.05, 0) is 25.0 Å². The molecule has 0 bridgehead atoms. The summed E-state index contributed by atoms with van der Waals surface area (Å²) in [6.45, 7) is 2.57. The van der Waals surface area contributed by atoms with Crippen LogP contribution in [0.15, 0.2) is 24.3 Å². The maximum absolute atomic E-state index is 5.82. The highest BCUT2D eigenvalue weighted by Gasteiger charge is 2.16. The molecule has 3 N–H and O–H groups in total. The Morgan fingerprint density at radius 1 is 1.43 bits per heavy atom. The minimum absolute atomic E-state index is 0.345. The third kappa shape index (κ3) is 3.40. The van der Waals surface area contributed by atoms with Gasteiger partial charge >= 0.3 is 0 Å². The first-order valence-electron chi connectivity index (χ1n) is 6.72. The molecule has 21 heavy (non-hydrogen) atoms. The van der Waals surface area contributed by atoms with E-state index in [1.165, 1.54) is 5.56 Å². The number of rotatable bonds is 6. The molecule has 0 aliphatic rings. The van der Waals surface area contributed by atoms with E-state index in [1.54, 1.807) is 11.8 Å². The van der Waals surface area contributed by atoms with E-state index >= 15 is 0 Å². The smallest absolute Gasteiger partial charge is 0.138 e. The van der Waals surface area contributed by atoms with E-state index in [4.69, 9.17) is 22.7 Å². The average Bonchev–Trinajstić information content (AvgIpc) is 2.72. The summed E-state index contributed by atoms with van der Waals surface area (Å²) in [5.74, 6) is 0.810. The van der Waals surface area contributed by atoms with E-state index in [9.17, 15) is 0 Å². The van der Waals surface area contributed by atoms with E-state index in [0.29, 0.717) is 11.6 Å². The van der Waals surface area contributed by atoms with Gasteiger partial charge in [0.05, 0.1) is 17.9 Å². The molecule has 0 aliphatic heterocycles. The molecule has 0 saturated carbocycles. The van der Waals surface area contributed by atoms with Gasteiger partial charge < -0.3 is 15.8 Å². The summed E-state index contributed by atoms with van der Waals surface area (Å²) >= 11 is 5.13. The normalized spacial score (nSPS) is 10.6. The van der Waals surface area contributed by atoms with Crippen molar-refractivity contribution in [2.45, 2.75) is 13.3 Å². The van der Waals surface area contributed by atoms with Crippen LogP contribution < -0.4 is 11.1 Å². The van der Waals surface area contributed by atoms with E-state index in [0.717, 1.165) is 29.2 Å². The lowest BCUT2D eigenvalue weighted by Crippen LogP contribution is -2.13. The third-order valence-corrected chi connectivity index (χ3v) is 3.52. The maximum atomic E-state index is 5.82. The summed E-state index contributed by atoms with van der Waals surface area (Å²) in [5.41, 5.74) is 9.61. The molecule has 0 spiro atoms. The number of nitrogens with two attached hydrogens (primary N) is 1. The molecule has 0 unspecified atom stereocenters. The van der Waals surface area contributed by atoms with E-state index in [1.807, 2.05) is 32.2 Å². The fourth-order valence-electron chi connectivity index (χ4n) is 2.30. The Balaban J connectivity index is 2.37. The van der Waals surface area contributed by atoms with Gasteiger partial charge in [-0.25, -0.2) is 0 Å². The van der Waals surface area contributed by atoms with Crippen molar-refractivity contribution < 1.29 is 4.74 Å². The zero-order valence-corrected chi connectivity index (χ0v) is 13.3. The second-order valence-electron chi connectivity index (χ2n) is 4.82. The number of nitrogens with one attached hydrogen (secondary N) is 1. The monoisotopic (exact) mass is 304 g/mol. The minimum atomic E-state index is 0.345. The molecule has 0 amide bonds. The number of aryl methyl sites for hydroxylation is 2. The fraction of sp³-hybridized carbons (Fsp3) is 0.333. The molecule has 5 nitrogen and oxygen atoms in total. The second kappa shape index (κ2) is 6.69. The summed E-state index contributed by atoms with van der Waals surface area (Å²) in [6.07, 6.45) is 0.832. The van der Waals surface area contributed by atoms with Crippen LogP contribution in [0.4, 0.5) is 11.5 Å². The van der Waals surface area contributed by atoms with Crippen LogP contribution in [0.3, 0.4) is 0 Å². The van der Waals surface area contributed by atoms with Gasteiger partial charge in [0, 0.05) is 19.8 Å². The van der Waals surface area contributed by atoms with Crippen molar-refractivity contribution in [3.05, 3.63) is 41.1 Å². The van der Waals surface area contributed by atoms with Crippen LogP contribution in [-0.2, 0) is 18.2 Å². The Morgan fingerprint density at radius 3 is 2.81 bits per heavy atom. The van der Waals surface area contributed by atoms with Crippen LogP contribution in [0.2, 0.25) is 0 Å². The van der Waals surface area contributed by atoms with Crippen LogP contribution in [0.1, 0.15) is 16.8 Å². The molecule has 0 fully saturated rings. The maximum Gasteiger partial charge on any atom is 0.138 e. The van der Waals surface area contributed by atoms with Gasteiger partial charge in [0.25, 0.3) is 0 Å². The van der Waals surface area contributed by atoms with Crippen LogP contribution in [0.25, 0.3) is 0 Å². The summed E-state index contributed by atoms with van der Waals surface area (Å²) in [5, 5.41) is 7.78. The number of hydrogen-bond acceptors (Lipinski definition) is 4. The molecule has 2 rings (SSSR count). The van der Waals surface area contributed by atoms with Gasteiger partial charge in [-0.2, -0.15) is 5.10 Å². The van der Waals surface area contributed by atoms with Crippen LogP contribution in [0, 0.1) is 6.92 Å². The largest absolute Gasteiger partial charge is 0.389 e. The lowest BCUT2D eigenvalue weighted by atomic mass is 10.1. The molecule has 2 aromatic rings. The van der Waals surface area contributed by atoms with Crippen molar-refractivity contribution in [2.75, 3.05) is 19.0 Å². The van der Waals surface area contributed by atoms with Crippen molar-refractivity contribution >= 4 is 28.7 Å². The Bertz CT molecular complexity index is 651. The highest BCUT2D eigenvalue weighted by atomic mass is 32.1. The first-order chi connectivity index (χ1) is 10.0. The number of nitrogens with zero attached hydrogens (tertiary/aromatic N) is 2. The number of thiocarbonyl (C=S) groups is 1. The van der Waals surface area contributed by atoms with Gasteiger partial charge in [-0.15, -0.1) is 0 Å². The topological polar surface area (TPSA) is 65.1 Å². The molecule has 0 radical (unpaired) electrons. The van der Waals surface area contributed by atoms with E-state index in [2.05, 4.69) is 16.5 Å². The van der Waals surface area contributed by atoms with Gasteiger partial charge in [0.15, 0.2) is 0 Å². The lowest BCUT2D eigenvalue weighted by molar-refractivity contribution is 0.202. The fourth-order valence-corrected chi connectivity index (χ4v) is 2.54. The Morgan fingerprint density at radius 2 is 2.14 bits per heavy atom. The SMILES string of the molecule is COCCc1ccccc1Nc1c(C(N)=S)c(C)nn1C. The number of anilines is 2. The standard InChI is InChI=1S/C15H20N4OS/c1-10-13(14(16)21)15(19(2)18-10)17-12-7-5-4-6-11(12)8-9-20-3/h4-7,17H,8-9H2,1-3H3,(H2,16,21). The summed E-state index contributed by atoms with van der Waals surface area (Å²) in [6, 6.07) is 8.10. The van der Waals surface area contributed by atoms with Crippen molar-refractivity contribution in [2.24, 2.45) is 12.8 Å². The molecule has 0 saturated heterocycles.